The number of nitrogens with two attached hydrogens (primary N) is 1. The number of hydrogen-bond acceptors (Lipinski definition) is 2. The minimum Gasteiger partial charge on any atom is -0.463 e. The Morgan fingerprint density at radius 3 is 2.85 bits per heavy atom. The van der Waals surface area contributed by atoms with Gasteiger partial charge in [-0.3, -0.25) is 4.79 Å². The molecule has 4 nitrogen and oxygen atoms in total. The van der Waals surface area contributed by atoms with Crippen molar-refractivity contribution in [1.82, 2.24) is 0 Å². The molecule has 20 heavy (non-hydrogen) atoms. The highest BCUT2D eigenvalue weighted by Crippen LogP contribution is 2.14. The maximum atomic E-state index is 13.4. The number of halogens is 2. The van der Waals surface area contributed by atoms with Gasteiger partial charge in [0.2, 0.25) is 0 Å². The van der Waals surface area contributed by atoms with Crippen LogP contribution >= 0.6 is 0 Å². The van der Waals surface area contributed by atoms with Crippen molar-refractivity contribution in [3.8, 4) is 0 Å². The van der Waals surface area contributed by atoms with E-state index in [-0.39, 0.29) is 24.2 Å². The summed E-state index contributed by atoms with van der Waals surface area (Å²) in [7, 11) is 0. The van der Waals surface area contributed by atoms with Crippen LogP contribution in [0.25, 0.3) is 0 Å². The van der Waals surface area contributed by atoms with Gasteiger partial charge in [-0.2, -0.15) is 0 Å². The van der Waals surface area contributed by atoms with Crippen LogP contribution in [0.5, 0.6) is 0 Å². The lowest BCUT2D eigenvalue weighted by Gasteiger charge is -2.09. The second-order valence-corrected chi connectivity index (χ2v) is 4.42. The second-order valence-electron chi connectivity index (χ2n) is 4.42. The molecule has 6 heteroatoms. The topological polar surface area (TPSA) is 58.9 Å². The first-order valence-electron chi connectivity index (χ1n) is 6.18. The molecule has 0 aliphatic carbocycles. The molecule has 106 valence electrons. The quantitative estimate of drug-likeness (QED) is 0.878. The lowest BCUT2D eigenvalue weighted by atomic mass is 10.2. The summed E-state index contributed by atoms with van der Waals surface area (Å²) >= 11 is 0. The summed E-state index contributed by atoms with van der Waals surface area (Å²) in [5, 5.41) is 4.16. The Morgan fingerprint density at radius 2 is 2.20 bits per heavy atom. The van der Waals surface area contributed by atoms with Gasteiger partial charge in [-0.1, -0.05) is 0 Å². The highest BCUT2D eigenvalue weighted by Gasteiger charge is 2.14. The van der Waals surface area contributed by atoms with E-state index < -0.39 is 11.6 Å². The molecule has 2 aromatic rings. The third-order valence-corrected chi connectivity index (χ3v) is 2.85. The van der Waals surface area contributed by atoms with Gasteiger partial charge >= 0.3 is 0 Å². The lowest BCUT2D eigenvalue weighted by molar-refractivity contribution is -0.684. The molecule has 1 aromatic heterocycles. The number of hydrogen-bond donors (Lipinski definition) is 2. The van der Waals surface area contributed by atoms with Crippen LogP contribution in [0.2, 0.25) is 0 Å². The van der Waals surface area contributed by atoms with E-state index in [0.29, 0.717) is 0 Å². The molecule has 1 amide bonds. The first kappa shape index (κ1) is 14.2. The summed E-state index contributed by atoms with van der Waals surface area (Å²) in [6, 6.07) is 6.58. The average Bonchev–Trinajstić information content (AvgIpc) is 2.93. The van der Waals surface area contributed by atoms with Gasteiger partial charge in [0.1, 0.15) is 17.7 Å². The Hall–Kier alpha value is -2.21. The second kappa shape index (κ2) is 6.29. The van der Waals surface area contributed by atoms with Gasteiger partial charge < -0.3 is 15.1 Å². The van der Waals surface area contributed by atoms with Crippen LogP contribution in [0.3, 0.4) is 0 Å². The van der Waals surface area contributed by atoms with Gasteiger partial charge in [0.15, 0.2) is 12.3 Å². The fourth-order valence-electron chi connectivity index (χ4n) is 1.74. The molecular weight excluding hydrogens is 266 g/mol. The zero-order valence-corrected chi connectivity index (χ0v) is 10.9. The highest BCUT2D eigenvalue weighted by atomic mass is 19.1. The molecule has 0 spiro atoms. The van der Waals surface area contributed by atoms with E-state index in [1.807, 2.05) is 13.0 Å². The Kier molecular flexibility index (Phi) is 4.47. The molecular formula is C14H15F2N2O2+. The van der Waals surface area contributed by atoms with Gasteiger partial charge in [-0.15, -0.1) is 0 Å². The fraction of sp³-hybridized carbons (Fsp3) is 0.214. The van der Waals surface area contributed by atoms with E-state index in [1.54, 1.807) is 17.6 Å². The molecule has 3 N–H and O–H groups in total. The summed E-state index contributed by atoms with van der Waals surface area (Å²) in [6.07, 6.45) is 1.56. The summed E-state index contributed by atoms with van der Waals surface area (Å²) in [5.74, 6) is -1.09. The van der Waals surface area contributed by atoms with Crippen LogP contribution in [-0.4, -0.2) is 12.5 Å². The van der Waals surface area contributed by atoms with E-state index >= 15 is 0 Å². The van der Waals surface area contributed by atoms with Crippen molar-refractivity contribution in [3.63, 3.8) is 0 Å². The molecule has 1 atom stereocenters. The molecule has 0 aliphatic rings. The molecule has 1 aromatic carbocycles. The summed E-state index contributed by atoms with van der Waals surface area (Å²) < 4.78 is 31.3. The Morgan fingerprint density at radius 1 is 1.40 bits per heavy atom. The molecule has 1 heterocycles. The van der Waals surface area contributed by atoms with Crippen molar-refractivity contribution in [1.29, 1.82) is 0 Å². The third-order valence-electron chi connectivity index (χ3n) is 2.85. The maximum absolute atomic E-state index is 13.4. The average molecular weight is 281 g/mol. The number of quaternary nitrogens is 1. The number of nitrogens with one attached hydrogen (secondary N) is 1. The Balaban J connectivity index is 1.86. The van der Waals surface area contributed by atoms with Gasteiger partial charge in [0, 0.05) is 6.07 Å². The van der Waals surface area contributed by atoms with Crippen LogP contribution in [-0.2, 0) is 4.79 Å². The Bertz CT molecular complexity index is 585. The first-order valence-corrected chi connectivity index (χ1v) is 6.18. The van der Waals surface area contributed by atoms with Gasteiger partial charge in [0.25, 0.3) is 5.91 Å². The van der Waals surface area contributed by atoms with E-state index in [9.17, 15) is 13.6 Å². The van der Waals surface area contributed by atoms with E-state index in [2.05, 4.69) is 5.32 Å². The predicted octanol–water partition coefficient (Wildman–Crippen LogP) is 1.82. The minimum absolute atomic E-state index is 0.0196. The van der Waals surface area contributed by atoms with Crippen molar-refractivity contribution < 1.29 is 23.3 Å². The fourth-order valence-corrected chi connectivity index (χ4v) is 1.74. The van der Waals surface area contributed by atoms with Crippen LogP contribution < -0.4 is 10.6 Å². The van der Waals surface area contributed by atoms with Gasteiger partial charge in [-0.05, 0) is 31.2 Å². The molecule has 2 rings (SSSR count). The van der Waals surface area contributed by atoms with Crippen LogP contribution in [0.4, 0.5) is 14.5 Å². The van der Waals surface area contributed by atoms with E-state index in [1.165, 1.54) is 6.07 Å². The number of rotatable bonds is 5. The number of anilines is 1. The Labute approximate surface area is 114 Å². The van der Waals surface area contributed by atoms with Crippen molar-refractivity contribution in [2.75, 3.05) is 11.9 Å². The van der Waals surface area contributed by atoms with Crippen LogP contribution in [0.1, 0.15) is 18.7 Å². The van der Waals surface area contributed by atoms with Crippen molar-refractivity contribution in [3.05, 3.63) is 54.0 Å². The SMILES string of the molecule is C[C@@H]([NH2+]CC(=O)Nc1ccc(F)cc1F)c1ccco1. The van der Waals surface area contributed by atoms with Crippen LogP contribution in [0.15, 0.2) is 41.0 Å². The van der Waals surface area contributed by atoms with E-state index in [4.69, 9.17) is 4.42 Å². The smallest absolute Gasteiger partial charge is 0.279 e. The molecule has 0 saturated heterocycles. The number of carbonyl (C=O) groups excluding carboxylic acids is 1. The molecule has 0 radical (unpaired) electrons. The van der Waals surface area contributed by atoms with Crippen molar-refractivity contribution in [2.45, 2.75) is 13.0 Å². The van der Waals surface area contributed by atoms with Gasteiger partial charge in [-0.25, -0.2) is 8.78 Å². The first-order chi connectivity index (χ1) is 9.56. The number of amides is 1. The lowest BCUT2D eigenvalue weighted by Crippen LogP contribution is -2.86. The predicted molar refractivity (Wildman–Crippen MR) is 68.9 cm³/mol. The van der Waals surface area contributed by atoms with Crippen molar-refractivity contribution in [2.24, 2.45) is 0 Å². The monoisotopic (exact) mass is 281 g/mol. The summed E-state index contributed by atoms with van der Waals surface area (Å²) in [6.45, 7) is 2.00. The molecule has 0 bridgehead atoms. The minimum atomic E-state index is -0.794. The zero-order valence-electron chi connectivity index (χ0n) is 10.9. The summed E-state index contributed by atoms with van der Waals surface area (Å²) in [5.41, 5.74) is -0.0320. The number of carbonyl (C=O) groups is 1. The van der Waals surface area contributed by atoms with Crippen LogP contribution in [0, 0.1) is 11.6 Å². The van der Waals surface area contributed by atoms with Crippen molar-refractivity contribution >= 4 is 11.6 Å². The third kappa shape index (κ3) is 3.64. The normalized spacial score (nSPS) is 12.2. The molecule has 0 fully saturated rings. The van der Waals surface area contributed by atoms with Gasteiger partial charge in [0.05, 0.1) is 12.0 Å². The largest absolute Gasteiger partial charge is 0.463 e. The highest BCUT2D eigenvalue weighted by molar-refractivity contribution is 5.91. The number of furan rings is 1. The standard InChI is InChI=1S/C14H14F2N2O2/c1-9(13-3-2-6-20-13)17-8-14(19)18-12-5-4-10(15)7-11(12)16/h2-7,9,17H,8H2,1H3,(H,18,19)/p+1/t9-/m1/s1. The zero-order chi connectivity index (χ0) is 14.5. The maximum Gasteiger partial charge on any atom is 0.279 e. The summed E-state index contributed by atoms with van der Waals surface area (Å²) in [4.78, 5) is 11.7. The molecule has 0 saturated carbocycles. The molecule has 0 aliphatic heterocycles. The molecule has 0 unspecified atom stereocenters. The number of benzene rings is 1. The van der Waals surface area contributed by atoms with E-state index in [0.717, 1.165) is 17.9 Å².